The minimum atomic E-state index is -0.306. The lowest BCUT2D eigenvalue weighted by Crippen LogP contribution is -2.25. The van der Waals surface area contributed by atoms with Crippen LogP contribution in [0, 0.1) is 0 Å². The van der Waals surface area contributed by atoms with Gasteiger partial charge in [0.25, 0.3) is 5.91 Å². The van der Waals surface area contributed by atoms with E-state index in [1.807, 2.05) is 34.9 Å². The predicted molar refractivity (Wildman–Crippen MR) is 96.1 cm³/mol. The number of hydrogen-bond donors (Lipinski definition) is 3. The maximum absolute atomic E-state index is 12.6. The average Bonchev–Trinajstić information content (AvgIpc) is 3.27. The fraction of sp³-hybridized carbons (Fsp3) is 0.294. The highest BCUT2D eigenvalue weighted by atomic mass is 16.5. The van der Waals surface area contributed by atoms with Gasteiger partial charge in [0.1, 0.15) is 12.0 Å². The topological polar surface area (TPSA) is 124 Å². The molecule has 0 fully saturated rings. The van der Waals surface area contributed by atoms with Crippen molar-refractivity contribution in [2.45, 2.75) is 19.5 Å². The minimum Gasteiger partial charge on any atom is -0.385 e. The van der Waals surface area contributed by atoms with Gasteiger partial charge in [0.05, 0.1) is 12.1 Å². The molecular formula is C17H21N7O2. The minimum absolute atomic E-state index is 0.249. The normalized spacial score (nSPS) is 10.8. The van der Waals surface area contributed by atoms with Crippen LogP contribution >= 0.6 is 0 Å². The molecule has 0 aliphatic rings. The van der Waals surface area contributed by atoms with Gasteiger partial charge in [-0.05, 0) is 12.0 Å². The predicted octanol–water partition coefficient (Wildman–Crippen LogP) is 1.22. The van der Waals surface area contributed by atoms with Gasteiger partial charge in [-0.15, -0.1) is 10.2 Å². The van der Waals surface area contributed by atoms with E-state index in [-0.39, 0.29) is 18.3 Å². The summed E-state index contributed by atoms with van der Waals surface area (Å²) in [5.41, 5.74) is 7.67. The molecule has 4 N–H and O–H groups in total. The zero-order chi connectivity index (χ0) is 18.4. The van der Waals surface area contributed by atoms with Gasteiger partial charge in [-0.3, -0.25) is 9.89 Å². The summed E-state index contributed by atoms with van der Waals surface area (Å²) in [6.45, 7) is 1.62. The number of methoxy groups -OCH3 is 1. The highest BCUT2D eigenvalue weighted by Gasteiger charge is 2.19. The molecule has 9 nitrogen and oxygen atoms in total. The van der Waals surface area contributed by atoms with Crippen molar-refractivity contribution in [2.75, 3.05) is 19.5 Å². The molecule has 1 aromatic carbocycles. The number of amides is 1. The first-order valence-corrected chi connectivity index (χ1v) is 8.23. The second kappa shape index (κ2) is 8.26. The maximum atomic E-state index is 12.6. The lowest BCUT2D eigenvalue weighted by atomic mass is 10.1. The lowest BCUT2D eigenvalue weighted by Gasteiger charge is -2.08. The molecule has 0 atom stereocenters. The van der Waals surface area contributed by atoms with E-state index < -0.39 is 0 Å². The number of carbonyl (C=O) groups is 1. The number of carbonyl (C=O) groups excluding carboxylic acids is 1. The molecule has 3 rings (SSSR count). The number of hydrogen-bond acceptors (Lipinski definition) is 6. The number of anilines is 1. The molecule has 3 aromatic rings. The number of nitrogens with two attached hydrogens (primary N) is 1. The van der Waals surface area contributed by atoms with Crippen LogP contribution in [0.2, 0.25) is 0 Å². The van der Waals surface area contributed by atoms with Gasteiger partial charge >= 0.3 is 0 Å². The number of nitrogens with one attached hydrogen (secondary N) is 2. The summed E-state index contributed by atoms with van der Waals surface area (Å²) in [4.78, 5) is 12.6. The second-order valence-electron chi connectivity index (χ2n) is 5.69. The number of rotatable bonds is 8. The number of aryl methyl sites for hydroxylation is 1. The molecule has 0 saturated heterocycles. The van der Waals surface area contributed by atoms with Crippen LogP contribution in [-0.2, 0) is 17.8 Å². The Kier molecular flexibility index (Phi) is 5.59. The summed E-state index contributed by atoms with van der Waals surface area (Å²) >= 11 is 0. The molecule has 0 radical (unpaired) electrons. The zero-order valence-electron chi connectivity index (χ0n) is 14.5. The number of H-pyrrole nitrogens is 1. The third-order valence-electron chi connectivity index (χ3n) is 3.93. The van der Waals surface area contributed by atoms with Gasteiger partial charge in [0, 0.05) is 20.3 Å². The van der Waals surface area contributed by atoms with Crippen molar-refractivity contribution in [1.29, 1.82) is 0 Å². The molecule has 0 saturated carbocycles. The van der Waals surface area contributed by atoms with E-state index in [0.29, 0.717) is 23.7 Å². The van der Waals surface area contributed by atoms with Crippen LogP contribution in [0.1, 0.15) is 22.7 Å². The molecule has 136 valence electrons. The molecule has 2 aromatic heterocycles. The smallest absolute Gasteiger partial charge is 0.270 e. The summed E-state index contributed by atoms with van der Waals surface area (Å²) in [6, 6.07) is 9.42. The largest absolute Gasteiger partial charge is 0.385 e. The quantitative estimate of drug-likeness (QED) is 0.522. The van der Waals surface area contributed by atoms with Crippen molar-refractivity contribution in [3.8, 4) is 11.1 Å². The Bertz CT molecular complexity index is 857. The van der Waals surface area contributed by atoms with Crippen molar-refractivity contribution in [1.82, 2.24) is 30.3 Å². The highest BCUT2D eigenvalue weighted by Crippen LogP contribution is 2.27. The average molecular weight is 355 g/mol. The molecule has 2 heterocycles. The molecule has 0 aliphatic carbocycles. The maximum Gasteiger partial charge on any atom is 0.270 e. The fourth-order valence-electron chi connectivity index (χ4n) is 2.65. The van der Waals surface area contributed by atoms with E-state index in [1.165, 1.54) is 0 Å². The molecule has 0 spiro atoms. The van der Waals surface area contributed by atoms with Gasteiger partial charge in [-0.25, -0.2) is 0 Å². The Morgan fingerprint density at radius 2 is 2.15 bits per heavy atom. The Labute approximate surface area is 150 Å². The number of benzene rings is 1. The fourth-order valence-corrected chi connectivity index (χ4v) is 2.65. The van der Waals surface area contributed by atoms with E-state index >= 15 is 0 Å². The standard InChI is InChI=1S/C17H21N7O2/c1-26-9-5-8-24-11-20-21-13(24)10-19-17(25)15-14(16(18)23-22-15)12-6-3-2-4-7-12/h2-4,6-7,11H,5,8-10H2,1H3,(H,19,25)(H3,18,22,23). The summed E-state index contributed by atoms with van der Waals surface area (Å²) in [5, 5.41) is 17.5. The van der Waals surface area contributed by atoms with Gasteiger partial charge in [0.2, 0.25) is 0 Å². The van der Waals surface area contributed by atoms with Crippen LogP contribution < -0.4 is 11.1 Å². The Balaban J connectivity index is 1.70. The number of nitrogens with zero attached hydrogens (tertiary/aromatic N) is 4. The monoisotopic (exact) mass is 355 g/mol. The van der Waals surface area contributed by atoms with Crippen LogP contribution in [0.4, 0.5) is 5.82 Å². The number of aromatic amines is 1. The molecule has 0 aliphatic heterocycles. The number of aromatic nitrogens is 5. The third-order valence-corrected chi connectivity index (χ3v) is 3.93. The summed E-state index contributed by atoms with van der Waals surface area (Å²) in [5.74, 6) is 0.645. The zero-order valence-corrected chi connectivity index (χ0v) is 14.5. The van der Waals surface area contributed by atoms with Crippen molar-refractivity contribution in [2.24, 2.45) is 0 Å². The SMILES string of the molecule is COCCCn1cnnc1CNC(=O)c1[nH]nc(N)c1-c1ccccc1. The lowest BCUT2D eigenvalue weighted by molar-refractivity contribution is 0.0945. The third kappa shape index (κ3) is 3.89. The molecule has 0 bridgehead atoms. The Hall–Kier alpha value is -3.20. The first-order chi connectivity index (χ1) is 12.7. The first kappa shape index (κ1) is 17.6. The molecular weight excluding hydrogens is 334 g/mol. The van der Waals surface area contributed by atoms with Crippen LogP contribution in [0.5, 0.6) is 0 Å². The molecule has 1 amide bonds. The van der Waals surface area contributed by atoms with E-state index in [0.717, 1.165) is 18.5 Å². The van der Waals surface area contributed by atoms with E-state index in [9.17, 15) is 4.79 Å². The number of nitrogen functional groups attached to an aromatic ring is 1. The summed E-state index contributed by atoms with van der Waals surface area (Å²) < 4.78 is 6.93. The van der Waals surface area contributed by atoms with Crippen molar-refractivity contribution < 1.29 is 9.53 Å². The van der Waals surface area contributed by atoms with Gasteiger partial charge in [0.15, 0.2) is 11.6 Å². The Morgan fingerprint density at radius 3 is 2.92 bits per heavy atom. The Morgan fingerprint density at radius 1 is 1.35 bits per heavy atom. The molecule has 26 heavy (non-hydrogen) atoms. The van der Waals surface area contributed by atoms with E-state index in [1.54, 1.807) is 13.4 Å². The van der Waals surface area contributed by atoms with Crippen molar-refractivity contribution in [3.63, 3.8) is 0 Å². The van der Waals surface area contributed by atoms with Gasteiger partial charge < -0.3 is 20.4 Å². The van der Waals surface area contributed by atoms with Crippen molar-refractivity contribution in [3.05, 3.63) is 48.2 Å². The number of ether oxygens (including phenoxy) is 1. The summed E-state index contributed by atoms with van der Waals surface area (Å²) in [6.07, 6.45) is 2.48. The molecule has 0 unspecified atom stereocenters. The van der Waals surface area contributed by atoms with Crippen LogP contribution in [0.25, 0.3) is 11.1 Å². The molecule has 9 heteroatoms. The van der Waals surface area contributed by atoms with Crippen LogP contribution in [-0.4, -0.2) is 44.6 Å². The highest BCUT2D eigenvalue weighted by molar-refractivity contribution is 6.01. The van der Waals surface area contributed by atoms with Crippen LogP contribution in [0.15, 0.2) is 36.7 Å². The van der Waals surface area contributed by atoms with E-state index in [2.05, 4.69) is 25.7 Å². The van der Waals surface area contributed by atoms with Gasteiger partial charge in [-0.2, -0.15) is 5.10 Å². The first-order valence-electron chi connectivity index (χ1n) is 8.23. The van der Waals surface area contributed by atoms with E-state index in [4.69, 9.17) is 10.5 Å². The second-order valence-corrected chi connectivity index (χ2v) is 5.69. The van der Waals surface area contributed by atoms with Gasteiger partial charge in [-0.1, -0.05) is 30.3 Å². The summed E-state index contributed by atoms with van der Waals surface area (Å²) in [7, 11) is 1.66. The van der Waals surface area contributed by atoms with Crippen molar-refractivity contribution >= 4 is 11.7 Å². The van der Waals surface area contributed by atoms with Crippen LogP contribution in [0.3, 0.4) is 0 Å².